The van der Waals surface area contributed by atoms with Crippen LogP contribution in [0.15, 0.2) is 35.5 Å². The molecular formula is C15H16N4O. The maximum atomic E-state index is 10.7. The summed E-state index contributed by atoms with van der Waals surface area (Å²) in [5, 5.41) is 8.47. The standard InChI is InChI=1S/C15H16N4O/c1-12-10-17-19(18-12)14-6-4-13(5-7-14)15(16-11-20)8-2-3-9-15/h4-7,10H,2-3,8-9H2,1H3. The molecule has 20 heavy (non-hydrogen) atoms. The van der Waals surface area contributed by atoms with Crippen LogP contribution in [0.2, 0.25) is 0 Å². The third-order valence-electron chi connectivity index (χ3n) is 3.93. The summed E-state index contributed by atoms with van der Waals surface area (Å²) in [6.45, 7) is 1.91. The maximum absolute atomic E-state index is 10.7. The fourth-order valence-electron chi connectivity index (χ4n) is 2.88. The molecule has 3 rings (SSSR count). The molecule has 1 aliphatic carbocycles. The van der Waals surface area contributed by atoms with Crippen molar-refractivity contribution in [2.75, 3.05) is 0 Å². The van der Waals surface area contributed by atoms with Crippen molar-refractivity contribution in [2.45, 2.75) is 38.1 Å². The highest BCUT2D eigenvalue weighted by atomic mass is 16.1. The number of hydrogen-bond acceptors (Lipinski definition) is 4. The number of isocyanates is 1. The Morgan fingerprint density at radius 2 is 1.95 bits per heavy atom. The van der Waals surface area contributed by atoms with Crippen LogP contribution in [0.4, 0.5) is 0 Å². The zero-order valence-electron chi connectivity index (χ0n) is 11.4. The summed E-state index contributed by atoms with van der Waals surface area (Å²) in [5.74, 6) is 0. The molecule has 1 heterocycles. The molecular weight excluding hydrogens is 252 g/mol. The topological polar surface area (TPSA) is 60.1 Å². The molecule has 2 aromatic rings. The number of aliphatic imine (C=N–C) groups is 1. The van der Waals surface area contributed by atoms with Gasteiger partial charge in [-0.1, -0.05) is 25.0 Å². The van der Waals surface area contributed by atoms with Crippen LogP contribution in [0.25, 0.3) is 5.69 Å². The number of aromatic nitrogens is 3. The molecule has 0 bridgehead atoms. The van der Waals surface area contributed by atoms with Gasteiger partial charge < -0.3 is 0 Å². The van der Waals surface area contributed by atoms with Crippen LogP contribution in [0.3, 0.4) is 0 Å². The van der Waals surface area contributed by atoms with Crippen molar-refractivity contribution in [2.24, 2.45) is 4.99 Å². The van der Waals surface area contributed by atoms with Crippen LogP contribution in [0.1, 0.15) is 36.9 Å². The van der Waals surface area contributed by atoms with Gasteiger partial charge in [-0.15, -0.1) is 0 Å². The van der Waals surface area contributed by atoms with Gasteiger partial charge in [0.05, 0.1) is 23.1 Å². The van der Waals surface area contributed by atoms with E-state index in [1.54, 1.807) is 17.1 Å². The van der Waals surface area contributed by atoms with Gasteiger partial charge in [0, 0.05) is 0 Å². The van der Waals surface area contributed by atoms with Gasteiger partial charge in [0.1, 0.15) is 0 Å². The van der Waals surface area contributed by atoms with E-state index in [4.69, 9.17) is 0 Å². The molecule has 1 fully saturated rings. The molecule has 0 unspecified atom stereocenters. The van der Waals surface area contributed by atoms with Crippen molar-refractivity contribution >= 4 is 6.08 Å². The lowest BCUT2D eigenvalue weighted by atomic mass is 9.89. The van der Waals surface area contributed by atoms with Crippen molar-refractivity contribution in [1.29, 1.82) is 0 Å². The molecule has 1 aromatic heterocycles. The van der Waals surface area contributed by atoms with E-state index < -0.39 is 0 Å². The van der Waals surface area contributed by atoms with E-state index in [0.29, 0.717) is 0 Å². The van der Waals surface area contributed by atoms with Gasteiger partial charge in [-0.25, -0.2) is 4.79 Å². The van der Waals surface area contributed by atoms with Crippen molar-refractivity contribution in [3.05, 3.63) is 41.7 Å². The molecule has 5 nitrogen and oxygen atoms in total. The molecule has 0 saturated heterocycles. The molecule has 102 valence electrons. The van der Waals surface area contributed by atoms with Gasteiger partial charge >= 0.3 is 0 Å². The highest BCUT2D eigenvalue weighted by Crippen LogP contribution is 2.42. The van der Waals surface area contributed by atoms with Crippen LogP contribution < -0.4 is 0 Å². The smallest absolute Gasteiger partial charge is 0.211 e. The Morgan fingerprint density at radius 1 is 1.25 bits per heavy atom. The summed E-state index contributed by atoms with van der Waals surface area (Å²) in [6, 6.07) is 7.96. The number of aryl methyl sites for hydroxylation is 1. The SMILES string of the molecule is Cc1cnn(-c2ccc(C3(N=C=O)CCCC3)cc2)n1. The fourth-order valence-corrected chi connectivity index (χ4v) is 2.88. The maximum Gasteiger partial charge on any atom is 0.235 e. The highest BCUT2D eigenvalue weighted by molar-refractivity contribution is 5.41. The molecule has 1 saturated carbocycles. The molecule has 1 aromatic carbocycles. The Balaban J connectivity index is 1.94. The first-order valence-electron chi connectivity index (χ1n) is 6.82. The summed E-state index contributed by atoms with van der Waals surface area (Å²) < 4.78 is 0. The molecule has 0 N–H and O–H groups in total. The average Bonchev–Trinajstić information content (AvgIpc) is 3.10. The predicted molar refractivity (Wildman–Crippen MR) is 74.4 cm³/mol. The van der Waals surface area contributed by atoms with Gasteiger partial charge in [-0.2, -0.15) is 20.0 Å². The second kappa shape index (κ2) is 5.02. The first-order chi connectivity index (χ1) is 9.73. The fraction of sp³-hybridized carbons (Fsp3) is 0.400. The lowest BCUT2D eigenvalue weighted by Gasteiger charge is -2.22. The Labute approximate surface area is 117 Å². The lowest BCUT2D eigenvalue weighted by Crippen LogP contribution is -2.18. The number of benzene rings is 1. The van der Waals surface area contributed by atoms with E-state index in [-0.39, 0.29) is 5.54 Å². The summed E-state index contributed by atoms with van der Waals surface area (Å²) in [6.07, 6.45) is 7.51. The summed E-state index contributed by atoms with van der Waals surface area (Å²) in [5.41, 5.74) is 2.50. The Morgan fingerprint density at radius 3 is 2.50 bits per heavy atom. The van der Waals surface area contributed by atoms with E-state index >= 15 is 0 Å². The van der Waals surface area contributed by atoms with E-state index in [2.05, 4.69) is 15.2 Å². The zero-order chi connectivity index (χ0) is 14.0. The van der Waals surface area contributed by atoms with Gasteiger partial charge in [0.15, 0.2) is 0 Å². The Bertz CT molecular complexity index is 647. The van der Waals surface area contributed by atoms with Crippen molar-refractivity contribution in [1.82, 2.24) is 15.0 Å². The number of hydrogen-bond donors (Lipinski definition) is 0. The largest absolute Gasteiger partial charge is 0.235 e. The predicted octanol–water partition coefficient (Wildman–Crippen LogP) is 2.68. The molecule has 0 spiro atoms. The number of rotatable bonds is 3. The van der Waals surface area contributed by atoms with Gasteiger partial charge in [0.2, 0.25) is 6.08 Å². The second-order valence-corrected chi connectivity index (χ2v) is 5.26. The van der Waals surface area contributed by atoms with E-state index in [1.165, 1.54) is 0 Å². The Kier molecular flexibility index (Phi) is 3.20. The zero-order valence-corrected chi connectivity index (χ0v) is 11.4. The van der Waals surface area contributed by atoms with Crippen LogP contribution in [-0.4, -0.2) is 21.1 Å². The monoisotopic (exact) mass is 268 g/mol. The number of nitrogens with zero attached hydrogens (tertiary/aromatic N) is 4. The van der Waals surface area contributed by atoms with E-state index in [0.717, 1.165) is 42.6 Å². The van der Waals surface area contributed by atoms with Crippen molar-refractivity contribution in [3.8, 4) is 5.69 Å². The lowest BCUT2D eigenvalue weighted by molar-refractivity contribution is 0.456. The van der Waals surface area contributed by atoms with Gasteiger partial charge in [0.25, 0.3) is 0 Å². The summed E-state index contributed by atoms with van der Waals surface area (Å²) in [4.78, 5) is 16.4. The third-order valence-corrected chi connectivity index (χ3v) is 3.93. The van der Waals surface area contributed by atoms with Gasteiger partial charge in [-0.3, -0.25) is 0 Å². The molecule has 0 atom stereocenters. The summed E-state index contributed by atoms with van der Waals surface area (Å²) >= 11 is 0. The van der Waals surface area contributed by atoms with Crippen LogP contribution >= 0.6 is 0 Å². The molecule has 1 aliphatic rings. The molecule has 0 amide bonds. The number of carbonyl (C=O) groups excluding carboxylic acids is 1. The van der Waals surface area contributed by atoms with Crippen LogP contribution in [0.5, 0.6) is 0 Å². The summed E-state index contributed by atoms with van der Waals surface area (Å²) in [7, 11) is 0. The highest BCUT2D eigenvalue weighted by Gasteiger charge is 2.35. The molecule has 5 heteroatoms. The second-order valence-electron chi connectivity index (χ2n) is 5.26. The van der Waals surface area contributed by atoms with Crippen LogP contribution in [-0.2, 0) is 10.3 Å². The minimum atomic E-state index is -0.367. The minimum absolute atomic E-state index is 0.367. The molecule has 0 radical (unpaired) electrons. The van der Waals surface area contributed by atoms with Crippen LogP contribution in [0, 0.1) is 6.92 Å². The van der Waals surface area contributed by atoms with Gasteiger partial charge in [-0.05, 0) is 37.5 Å². The van der Waals surface area contributed by atoms with Crippen molar-refractivity contribution < 1.29 is 4.79 Å². The van der Waals surface area contributed by atoms with E-state index in [1.807, 2.05) is 31.2 Å². The van der Waals surface area contributed by atoms with Crippen molar-refractivity contribution in [3.63, 3.8) is 0 Å². The normalized spacial score (nSPS) is 16.9. The quantitative estimate of drug-likeness (QED) is 0.635. The molecule has 0 aliphatic heterocycles. The minimum Gasteiger partial charge on any atom is -0.211 e. The first kappa shape index (κ1) is 12.8. The first-order valence-corrected chi connectivity index (χ1v) is 6.82. The van der Waals surface area contributed by atoms with E-state index in [9.17, 15) is 4.79 Å². The average molecular weight is 268 g/mol. The third kappa shape index (κ3) is 2.17. The Hall–Kier alpha value is -2.26.